The number of anilines is 2. The number of hydrogen-bond donors (Lipinski definition) is 1. The lowest BCUT2D eigenvalue weighted by Crippen LogP contribution is -2.11. The molecule has 0 aliphatic heterocycles. The second kappa shape index (κ2) is 10.7. The van der Waals surface area contributed by atoms with Gasteiger partial charge >= 0.3 is 5.69 Å². The molecule has 0 unspecified atom stereocenters. The van der Waals surface area contributed by atoms with Crippen molar-refractivity contribution >= 4 is 49.9 Å². The average Bonchev–Trinajstić information content (AvgIpc) is 3.59. The predicted octanol–water partition coefficient (Wildman–Crippen LogP) is 6.02. The molecule has 0 radical (unpaired) electrons. The van der Waals surface area contributed by atoms with Gasteiger partial charge in [-0.15, -0.1) is 0 Å². The highest BCUT2D eigenvalue weighted by Crippen LogP contribution is 2.36. The van der Waals surface area contributed by atoms with Gasteiger partial charge in [0.15, 0.2) is 0 Å². The third kappa shape index (κ3) is 5.06. The number of rotatable bonds is 8. The number of nitro benzene ring substituents is 1. The molecule has 3 aromatic heterocycles. The molecule has 0 amide bonds. The summed E-state index contributed by atoms with van der Waals surface area (Å²) in [7, 11) is -3.91. The van der Waals surface area contributed by atoms with Crippen LogP contribution in [0.1, 0.15) is 5.56 Å². The molecule has 210 valence electrons. The number of aromatic nitrogens is 5. The fourth-order valence-corrected chi connectivity index (χ4v) is 6.07. The average molecular weight is 604 g/mol. The normalized spacial score (nSPS) is 11.6. The van der Waals surface area contributed by atoms with Crippen LogP contribution in [0.15, 0.2) is 102 Å². The van der Waals surface area contributed by atoms with Gasteiger partial charge in [-0.1, -0.05) is 54.1 Å². The maximum Gasteiger partial charge on any atom is 0.304 e. The first-order valence-corrected chi connectivity index (χ1v) is 14.2. The molecule has 0 bridgehead atoms. The van der Waals surface area contributed by atoms with E-state index in [0.717, 1.165) is 12.1 Å². The summed E-state index contributed by atoms with van der Waals surface area (Å²) < 4.78 is 43.8. The van der Waals surface area contributed by atoms with Gasteiger partial charge in [0.05, 0.1) is 50.7 Å². The summed E-state index contributed by atoms with van der Waals surface area (Å²) in [4.78, 5) is 19.0. The van der Waals surface area contributed by atoms with E-state index in [-0.39, 0.29) is 22.4 Å². The van der Waals surface area contributed by atoms with E-state index in [1.165, 1.54) is 45.4 Å². The number of nitro groups is 1. The van der Waals surface area contributed by atoms with Crippen LogP contribution in [0, 0.1) is 15.9 Å². The number of para-hydroxylation sites is 1. The molecule has 0 saturated carbocycles. The molecule has 3 aromatic carbocycles. The Morgan fingerprint density at radius 2 is 1.76 bits per heavy atom. The highest BCUT2D eigenvalue weighted by Gasteiger charge is 2.23. The Labute approximate surface area is 243 Å². The van der Waals surface area contributed by atoms with Crippen LogP contribution in [0.2, 0.25) is 5.02 Å². The monoisotopic (exact) mass is 603 g/mol. The minimum atomic E-state index is -3.91. The van der Waals surface area contributed by atoms with E-state index in [4.69, 9.17) is 11.6 Å². The second-order valence-corrected chi connectivity index (χ2v) is 11.4. The highest BCUT2D eigenvalue weighted by molar-refractivity contribution is 7.90. The third-order valence-corrected chi connectivity index (χ3v) is 8.38. The van der Waals surface area contributed by atoms with Crippen LogP contribution in [0.5, 0.6) is 0 Å². The van der Waals surface area contributed by atoms with Gasteiger partial charge in [0.25, 0.3) is 10.0 Å². The molecule has 0 spiro atoms. The minimum Gasteiger partial charge on any atom is -0.321 e. The molecule has 0 aliphatic rings. The van der Waals surface area contributed by atoms with Crippen molar-refractivity contribution in [2.45, 2.75) is 11.4 Å². The van der Waals surface area contributed by atoms with E-state index in [9.17, 15) is 22.9 Å². The molecule has 0 aliphatic carbocycles. The molecule has 3 heterocycles. The van der Waals surface area contributed by atoms with E-state index in [1.54, 1.807) is 48.7 Å². The molecule has 0 fully saturated rings. The number of fused-ring (bicyclic) bond motifs is 1. The van der Waals surface area contributed by atoms with Gasteiger partial charge in [-0.25, -0.2) is 22.4 Å². The molecule has 1 N–H and O–H groups in total. The fourth-order valence-electron chi connectivity index (χ4n) is 4.49. The van der Waals surface area contributed by atoms with Crippen molar-refractivity contribution in [1.29, 1.82) is 0 Å². The number of nitrogens with one attached hydrogen (secondary N) is 1. The number of nitrogens with zero attached hydrogens (tertiary/aromatic N) is 6. The van der Waals surface area contributed by atoms with Crippen LogP contribution in [0.4, 0.5) is 21.7 Å². The summed E-state index contributed by atoms with van der Waals surface area (Å²) in [6.07, 6.45) is 6.05. The predicted molar refractivity (Wildman–Crippen MR) is 155 cm³/mol. The molecule has 0 saturated heterocycles. The Morgan fingerprint density at radius 1 is 1.00 bits per heavy atom. The Morgan fingerprint density at radius 3 is 2.52 bits per heavy atom. The van der Waals surface area contributed by atoms with E-state index >= 15 is 0 Å². The van der Waals surface area contributed by atoms with Crippen LogP contribution in [-0.4, -0.2) is 37.1 Å². The summed E-state index contributed by atoms with van der Waals surface area (Å²) in [5, 5.41) is 19.0. The fraction of sp³-hybridized carbons (Fsp3) is 0.0357. The topological polar surface area (TPSA) is 138 Å². The lowest BCUT2D eigenvalue weighted by Gasteiger charge is -2.07. The standard InChI is InChI=1S/C28H19ClFN7O4S/c29-23-14-31-28(33-19-13-32-35(16-19)15-18-10-11-26(37(38)39)24(30)12-18)34-27(23)22-17-36(25-9-5-4-8-21(22)25)42(40,41)20-6-2-1-3-7-20/h1-14,16-17H,15H2,(H,31,33,34). The van der Waals surface area contributed by atoms with E-state index in [1.807, 2.05) is 0 Å². The van der Waals surface area contributed by atoms with Gasteiger partial charge in [0.2, 0.25) is 11.8 Å². The summed E-state index contributed by atoms with van der Waals surface area (Å²) in [5.41, 5.74) is 1.68. The van der Waals surface area contributed by atoms with Gasteiger partial charge in [0, 0.05) is 29.4 Å². The molecule has 11 nitrogen and oxygen atoms in total. The molecular weight excluding hydrogens is 585 g/mol. The Hall–Kier alpha value is -5.14. The zero-order valence-electron chi connectivity index (χ0n) is 21.4. The first kappa shape index (κ1) is 27.1. The van der Waals surface area contributed by atoms with E-state index in [2.05, 4.69) is 20.4 Å². The second-order valence-electron chi connectivity index (χ2n) is 9.16. The van der Waals surface area contributed by atoms with Crippen molar-refractivity contribution in [3.8, 4) is 11.3 Å². The van der Waals surface area contributed by atoms with Crippen molar-refractivity contribution in [2.75, 3.05) is 5.32 Å². The lowest BCUT2D eigenvalue weighted by atomic mass is 10.1. The zero-order chi connectivity index (χ0) is 29.4. The SMILES string of the molecule is O=[N+]([O-])c1ccc(Cn2cc(Nc3ncc(Cl)c(-c4cn(S(=O)(=O)c5ccccc5)c5ccccc45)n3)cn2)cc1F. The van der Waals surface area contributed by atoms with E-state index in [0.29, 0.717) is 33.4 Å². The van der Waals surface area contributed by atoms with Gasteiger partial charge < -0.3 is 5.32 Å². The largest absolute Gasteiger partial charge is 0.321 e. The third-order valence-electron chi connectivity index (χ3n) is 6.42. The van der Waals surface area contributed by atoms with Crippen molar-refractivity contribution in [1.82, 2.24) is 23.7 Å². The summed E-state index contributed by atoms with van der Waals surface area (Å²) in [6.45, 7) is 0.165. The summed E-state index contributed by atoms with van der Waals surface area (Å²) in [6, 6.07) is 18.8. The van der Waals surface area contributed by atoms with Gasteiger partial charge in [-0.3, -0.25) is 14.8 Å². The van der Waals surface area contributed by atoms with Crippen LogP contribution in [0.25, 0.3) is 22.2 Å². The lowest BCUT2D eigenvalue weighted by molar-refractivity contribution is -0.387. The summed E-state index contributed by atoms with van der Waals surface area (Å²) >= 11 is 6.51. The van der Waals surface area contributed by atoms with Crippen LogP contribution < -0.4 is 5.32 Å². The molecular formula is C28H19ClFN7O4S. The zero-order valence-corrected chi connectivity index (χ0v) is 23.0. The minimum absolute atomic E-state index is 0.141. The summed E-state index contributed by atoms with van der Waals surface area (Å²) in [5.74, 6) is -0.749. The van der Waals surface area contributed by atoms with Crippen LogP contribution in [-0.2, 0) is 16.6 Å². The molecule has 0 atom stereocenters. The maximum atomic E-state index is 14.0. The van der Waals surface area contributed by atoms with E-state index < -0.39 is 26.5 Å². The van der Waals surface area contributed by atoms with Crippen LogP contribution in [0.3, 0.4) is 0 Å². The molecule has 6 rings (SSSR count). The highest BCUT2D eigenvalue weighted by atomic mass is 35.5. The Kier molecular flexibility index (Phi) is 6.88. The molecule has 6 aromatic rings. The number of hydrogen-bond acceptors (Lipinski definition) is 8. The number of benzene rings is 3. The van der Waals surface area contributed by atoms with Gasteiger partial charge in [0.1, 0.15) is 0 Å². The maximum absolute atomic E-state index is 14.0. The first-order valence-electron chi connectivity index (χ1n) is 12.4. The number of halogens is 2. The van der Waals surface area contributed by atoms with Gasteiger partial charge in [-0.2, -0.15) is 9.49 Å². The Balaban J connectivity index is 1.31. The van der Waals surface area contributed by atoms with Crippen molar-refractivity contribution in [2.24, 2.45) is 0 Å². The van der Waals surface area contributed by atoms with Crippen molar-refractivity contribution < 1.29 is 17.7 Å². The van der Waals surface area contributed by atoms with Crippen molar-refractivity contribution in [3.05, 3.63) is 124 Å². The van der Waals surface area contributed by atoms with Gasteiger partial charge in [-0.05, 0) is 29.8 Å². The molecule has 14 heteroatoms. The smallest absolute Gasteiger partial charge is 0.304 e. The van der Waals surface area contributed by atoms with Crippen LogP contribution >= 0.6 is 11.6 Å². The Bertz CT molecular complexity index is 2080. The molecule has 42 heavy (non-hydrogen) atoms. The quantitative estimate of drug-likeness (QED) is 0.164. The first-order chi connectivity index (χ1) is 20.2. The van der Waals surface area contributed by atoms with Crippen molar-refractivity contribution in [3.63, 3.8) is 0 Å².